The van der Waals surface area contributed by atoms with Gasteiger partial charge in [-0.3, -0.25) is 9.59 Å². The standard InChI is InChI=1S/C74H145NO5/c1-3-5-7-9-11-13-15-17-19-20-21-22-26-29-32-35-39-42-46-50-54-58-62-66-72(77)71(70-76)75-73(78)67-63-59-55-51-47-43-40-36-33-30-27-24-23-25-28-31-34-37-41-45-49-53-57-61-65-69-80-74(79)68-64-60-56-52-48-44-38-18-16-14-12-10-8-6-4-2/h62,66,71-72,76-77H,3-61,63-65,67-70H2,1-2H3,(H,75,78)/b66-62+. The van der Waals surface area contributed by atoms with Crippen molar-refractivity contribution in [2.24, 2.45) is 0 Å². The first-order valence-electron chi connectivity index (χ1n) is 37.0. The van der Waals surface area contributed by atoms with Crippen LogP contribution in [0.15, 0.2) is 12.2 Å². The van der Waals surface area contributed by atoms with E-state index in [9.17, 15) is 19.8 Å². The molecule has 6 nitrogen and oxygen atoms in total. The number of hydrogen-bond donors (Lipinski definition) is 3. The Labute approximate surface area is 501 Å². The molecule has 0 saturated heterocycles. The predicted octanol–water partition coefficient (Wildman–Crippen LogP) is 23.9. The zero-order valence-electron chi connectivity index (χ0n) is 54.6. The van der Waals surface area contributed by atoms with E-state index in [4.69, 9.17) is 4.74 Å². The van der Waals surface area contributed by atoms with E-state index in [1.807, 2.05) is 6.08 Å². The summed E-state index contributed by atoms with van der Waals surface area (Å²) in [4.78, 5) is 24.6. The summed E-state index contributed by atoms with van der Waals surface area (Å²) in [6.45, 7) is 4.96. The normalized spacial score (nSPS) is 12.5. The summed E-state index contributed by atoms with van der Waals surface area (Å²) >= 11 is 0. The number of hydrogen-bond acceptors (Lipinski definition) is 5. The Morgan fingerprint density at radius 2 is 0.575 bits per heavy atom. The van der Waals surface area contributed by atoms with Crippen LogP contribution in [0.4, 0.5) is 0 Å². The minimum Gasteiger partial charge on any atom is -0.466 e. The highest BCUT2D eigenvalue weighted by Gasteiger charge is 2.18. The fourth-order valence-electron chi connectivity index (χ4n) is 11.9. The number of aliphatic hydroxyl groups is 2. The van der Waals surface area contributed by atoms with Gasteiger partial charge in [0.25, 0.3) is 0 Å². The van der Waals surface area contributed by atoms with Gasteiger partial charge < -0.3 is 20.3 Å². The quantitative estimate of drug-likeness (QED) is 0.0320. The van der Waals surface area contributed by atoms with Gasteiger partial charge in [-0.15, -0.1) is 0 Å². The molecule has 0 aromatic rings. The molecule has 2 atom stereocenters. The van der Waals surface area contributed by atoms with Gasteiger partial charge in [0.1, 0.15) is 0 Å². The molecule has 0 aliphatic rings. The molecule has 0 radical (unpaired) electrons. The average molecular weight is 1130 g/mol. The monoisotopic (exact) mass is 1130 g/mol. The lowest BCUT2D eigenvalue weighted by Gasteiger charge is -2.20. The molecule has 0 aliphatic heterocycles. The van der Waals surface area contributed by atoms with Crippen molar-refractivity contribution in [3.63, 3.8) is 0 Å². The van der Waals surface area contributed by atoms with Gasteiger partial charge in [0.05, 0.1) is 25.4 Å². The number of ether oxygens (including phenoxy) is 1. The Kier molecular flexibility index (Phi) is 68.9. The van der Waals surface area contributed by atoms with Crippen LogP contribution in [0.1, 0.15) is 425 Å². The largest absolute Gasteiger partial charge is 0.466 e. The van der Waals surface area contributed by atoms with Crippen molar-refractivity contribution in [1.29, 1.82) is 0 Å². The van der Waals surface area contributed by atoms with Crippen LogP contribution in [0, 0.1) is 0 Å². The van der Waals surface area contributed by atoms with Crippen molar-refractivity contribution in [1.82, 2.24) is 5.32 Å². The molecule has 0 bridgehead atoms. The zero-order chi connectivity index (χ0) is 57.8. The Morgan fingerprint density at radius 3 is 0.850 bits per heavy atom. The molecule has 0 aromatic heterocycles. The molecule has 476 valence electrons. The molecular weight excluding hydrogens is 983 g/mol. The molecule has 0 saturated carbocycles. The number of allylic oxidation sites excluding steroid dienone is 1. The molecular formula is C74H145NO5. The number of aliphatic hydroxyl groups excluding tert-OH is 2. The number of unbranched alkanes of at least 4 members (excludes halogenated alkanes) is 59. The van der Waals surface area contributed by atoms with Crippen LogP contribution in [-0.4, -0.2) is 47.4 Å². The van der Waals surface area contributed by atoms with Crippen molar-refractivity contribution in [3.05, 3.63) is 12.2 Å². The fraction of sp³-hybridized carbons (Fsp3) is 0.946. The van der Waals surface area contributed by atoms with Crippen molar-refractivity contribution >= 4 is 11.9 Å². The molecule has 0 spiro atoms. The number of carbonyl (C=O) groups excluding carboxylic acids is 2. The average Bonchev–Trinajstić information content (AvgIpc) is 3.46. The maximum absolute atomic E-state index is 12.5. The number of nitrogens with one attached hydrogen (secondary N) is 1. The maximum Gasteiger partial charge on any atom is 0.305 e. The van der Waals surface area contributed by atoms with Crippen molar-refractivity contribution in [3.8, 4) is 0 Å². The topological polar surface area (TPSA) is 95.9 Å². The first-order valence-corrected chi connectivity index (χ1v) is 37.0. The molecule has 3 N–H and O–H groups in total. The SMILES string of the molecule is CCCCCCCCCCCCCCCCCCCCCCC/C=C/C(O)C(CO)NC(=O)CCCCCCCCCCCCCCCCCCCCCCCCCCCOC(=O)CCCCCCCCCCCCCCCCC. The van der Waals surface area contributed by atoms with E-state index in [1.54, 1.807) is 6.08 Å². The number of amides is 1. The molecule has 0 aromatic carbocycles. The molecule has 2 unspecified atom stereocenters. The number of carbonyl (C=O) groups is 2. The van der Waals surface area contributed by atoms with Crippen LogP contribution in [0.25, 0.3) is 0 Å². The van der Waals surface area contributed by atoms with E-state index in [-0.39, 0.29) is 18.5 Å². The molecule has 0 fully saturated rings. The Balaban J connectivity index is 3.38. The van der Waals surface area contributed by atoms with Crippen LogP contribution in [-0.2, 0) is 14.3 Å². The van der Waals surface area contributed by atoms with E-state index in [1.165, 1.54) is 360 Å². The molecule has 0 rings (SSSR count). The van der Waals surface area contributed by atoms with E-state index in [2.05, 4.69) is 19.2 Å². The summed E-state index contributed by atoms with van der Waals surface area (Å²) in [7, 11) is 0. The van der Waals surface area contributed by atoms with Gasteiger partial charge in [-0.25, -0.2) is 0 Å². The van der Waals surface area contributed by atoms with E-state index >= 15 is 0 Å². The van der Waals surface area contributed by atoms with E-state index in [0.717, 1.165) is 38.5 Å². The number of esters is 1. The van der Waals surface area contributed by atoms with Crippen molar-refractivity contribution in [2.75, 3.05) is 13.2 Å². The summed E-state index contributed by atoms with van der Waals surface area (Å²) in [5.74, 6) is -0.0409. The third-order valence-corrected chi connectivity index (χ3v) is 17.6. The van der Waals surface area contributed by atoms with Crippen LogP contribution in [0.5, 0.6) is 0 Å². The summed E-state index contributed by atoms with van der Waals surface area (Å²) in [6.07, 6.45) is 87.3. The zero-order valence-corrected chi connectivity index (χ0v) is 54.6. The minimum absolute atomic E-state index is 0.0201. The van der Waals surface area contributed by atoms with Crippen molar-refractivity contribution < 1.29 is 24.5 Å². The highest BCUT2D eigenvalue weighted by molar-refractivity contribution is 5.76. The van der Waals surface area contributed by atoms with Gasteiger partial charge in [-0.2, -0.15) is 0 Å². The second-order valence-electron chi connectivity index (χ2n) is 25.6. The Hall–Kier alpha value is -1.40. The Bertz CT molecular complexity index is 1210. The maximum atomic E-state index is 12.5. The molecule has 80 heavy (non-hydrogen) atoms. The second kappa shape index (κ2) is 70.1. The summed E-state index contributed by atoms with van der Waals surface area (Å²) < 4.78 is 5.50. The van der Waals surface area contributed by atoms with Gasteiger partial charge in [-0.05, 0) is 32.1 Å². The lowest BCUT2D eigenvalue weighted by atomic mass is 10.0. The minimum atomic E-state index is -0.844. The van der Waals surface area contributed by atoms with Crippen LogP contribution < -0.4 is 5.32 Å². The number of rotatable bonds is 70. The van der Waals surface area contributed by atoms with Crippen LogP contribution in [0.2, 0.25) is 0 Å². The lowest BCUT2D eigenvalue weighted by molar-refractivity contribution is -0.143. The third kappa shape index (κ3) is 65.7. The van der Waals surface area contributed by atoms with Crippen molar-refractivity contribution in [2.45, 2.75) is 437 Å². The smallest absolute Gasteiger partial charge is 0.305 e. The first kappa shape index (κ1) is 78.6. The first-order chi connectivity index (χ1) is 39.5. The Morgan fingerprint density at radius 1 is 0.338 bits per heavy atom. The van der Waals surface area contributed by atoms with E-state index in [0.29, 0.717) is 19.4 Å². The summed E-state index contributed by atoms with van der Waals surface area (Å²) in [5.41, 5.74) is 0. The predicted molar refractivity (Wildman–Crippen MR) is 352 cm³/mol. The van der Waals surface area contributed by atoms with E-state index < -0.39 is 12.1 Å². The second-order valence-corrected chi connectivity index (χ2v) is 25.6. The lowest BCUT2D eigenvalue weighted by Crippen LogP contribution is -2.45. The highest BCUT2D eigenvalue weighted by Crippen LogP contribution is 2.20. The molecule has 6 heteroatoms. The van der Waals surface area contributed by atoms with Gasteiger partial charge in [0.15, 0.2) is 0 Å². The summed E-state index contributed by atoms with van der Waals surface area (Å²) in [5, 5.41) is 23.3. The molecule has 0 heterocycles. The van der Waals surface area contributed by atoms with Gasteiger partial charge in [0.2, 0.25) is 5.91 Å². The van der Waals surface area contributed by atoms with Crippen LogP contribution in [0.3, 0.4) is 0 Å². The van der Waals surface area contributed by atoms with Crippen LogP contribution >= 0.6 is 0 Å². The van der Waals surface area contributed by atoms with Gasteiger partial charge in [-0.1, -0.05) is 392 Å². The fourth-order valence-corrected chi connectivity index (χ4v) is 11.9. The molecule has 0 aliphatic carbocycles. The van der Waals surface area contributed by atoms with Gasteiger partial charge in [0, 0.05) is 12.8 Å². The third-order valence-electron chi connectivity index (χ3n) is 17.6. The highest BCUT2D eigenvalue weighted by atomic mass is 16.5. The van der Waals surface area contributed by atoms with Gasteiger partial charge >= 0.3 is 5.97 Å². The summed E-state index contributed by atoms with van der Waals surface area (Å²) in [6, 6.07) is -0.627. The molecule has 1 amide bonds.